The van der Waals surface area contributed by atoms with Gasteiger partial charge >= 0.3 is 12.1 Å². The van der Waals surface area contributed by atoms with Gasteiger partial charge in [0.25, 0.3) is 0 Å². The SMILES string of the molecule is COC(=O)C1=COC(c2c(F)c(C)cc(C)c2C(F)(F)F)CC1=O. The number of benzene rings is 1. The number of carbonyl (C=O) groups is 2. The molecule has 0 bridgehead atoms. The molecular weight excluding hydrogens is 332 g/mol. The molecule has 0 aromatic heterocycles. The second-order valence-electron chi connectivity index (χ2n) is 5.39. The van der Waals surface area contributed by atoms with E-state index in [1.165, 1.54) is 13.8 Å². The molecule has 4 nitrogen and oxygen atoms in total. The fourth-order valence-electron chi connectivity index (χ4n) is 2.66. The van der Waals surface area contributed by atoms with Crippen molar-refractivity contribution in [3.05, 3.63) is 46.0 Å². The lowest BCUT2D eigenvalue weighted by molar-refractivity contribution is -0.142. The Kier molecular flexibility index (Phi) is 4.68. The maximum Gasteiger partial charge on any atom is 0.417 e. The first-order chi connectivity index (χ1) is 11.1. The van der Waals surface area contributed by atoms with Gasteiger partial charge in [-0.05, 0) is 25.0 Å². The van der Waals surface area contributed by atoms with Gasteiger partial charge in [0.1, 0.15) is 23.8 Å². The molecule has 1 aromatic rings. The lowest BCUT2D eigenvalue weighted by Gasteiger charge is -2.26. The summed E-state index contributed by atoms with van der Waals surface area (Å²) in [7, 11) is 1.05. The number of rotatable bonds is 2. The Labute approximate surface area is 135 Å². The van der Waals surface area contributed by atoms with E-state index in [0.29, 0.717) is 0 Å². The van der Waals surface area contributed by atoms with Crippen molar-refractivity contribution in [3.63, 3.8) is 0 Å². The molecule has 8 heteroatoms. The number of esters is 1. The van der Waals surface area contributed by atoms with E-state index in [0.717, 1.165) is 19.4 Å². The van der Waals surface area contributed by atoms with Crippen molar-refractivity contribution in [2.45, 2.75) is 32.5 Å². The predicted octanol–water partition coefficient (Wildman–Crippen LogP) is 3.55. The third-order valence-corrected chi connectivity index (χ3v) is 3.71. The summed E-state index contributed by atoms with van der Waals surface area (Å²) in [5.41, 5.74) is -2.48. The zero-order valence-corrected chi connectivity index (χ0v) is 13.1. The monoisotopic (exact) mass is 346 g/mol. The van der Waals surface area contributed by atoms with Crippen LogP contribution in [-0.4, -0.2) is 18.9 Å². The molecule has 1 heterocycles. The highest BCUT2D eigenvalue weighted by molar-refractivity contribution is 6.17. The average Bonchev–Trinajstić information content (AvgIpc) is 2.48. The van der Waals surface area contributed by atoms with Crippen LogP contribution in [0.4, 0.5) is 17.6 Å². The summed E-state index contributed by atoms with van der Waals surface area (Å²) in [5.74, 6) is -2.82. The van der Waals surface area contributed by atoms with Gasteiger partial charge in [-0.25, -0.2) is 9.18 Å². The Morgan fingerprint density at radius 1 is 1.29 bits per heavy atom. The van der Waals surface area contributed by atoms with Crippen LogP contribution < -0.4 is 0 Å². The van der Waals surface area contributed by atoms with Crippen molar-refractivity contribution in [2.75, 3.05) is 7.11 Å². The summed E-state index contributed by atoms with van der Waals surface area (Å²) in [4.78, 5) is 23.3. The molecule has 1 aliphatic heterocycles. The molecule has 0 amide bonds. The van der Waals surface area contributed by atoms with E-state index in [9.17, 15) is 27.2 Å². The molecule has 130 valence electrons. The standard InChI is InChI=1S/C16H14F4O4/c1-7-4-8(2)14(17)12(13(7)16(18,19)20)11-5-10(21)9(6-24-11)15(22)23-3/h4,6,11H,5H2,1-3H3. The lowest BCUT2D eigenvalue weighted by Crippen LogP contribution is -2.25. The Morgan fingerprint density at radius 3 is 2.42 bits per heavy atom. The zero-order valence-electron chi connectivity index (χ0n) is 13.1. The van der Waals surface area contributed by atoms with E-state index in [2.05, 4.69) is 4.74 Å². The number of carbonyl (C=O) groups excluding carboxylic acids is 2. The molecule has 0 radical (unpaired) electrons. The molecule has 1 aromatic carbocycles. The normalized spacial score (nSPS) is 18.0. The van der Waals surface area contributed by atoms with Gasteiger partial charge in [-0.1, -0.05) is 6.07 Å². The molecule has 1 unspecified atom stereocenters. The van der Waals surface area contributed by atoms with Crippen molar-refractivity contribution in [3.8, 4) is 0 Å². The third kappa shape index (κ3) is 3.13. The largest absolute Gasteiger partial charge is 0.492 e. The van der Waals surface area contributed by atoms with Crippen LogP contribution in [0.1, 0.15) is 34.8 Å². The van der Waals surface area contributed by atoms with Crippen LogP contribution in [-0.2, 0) is 25.2 Å². The van der Waals surface area contributed by atoms with Gasteiger partial charge < -0.3 is 9.47 Å². The number of hydrogen-bond acceptors (Lipinski definition) is 4. The number of alkyl halides is 3. The highest BCUT2D eigenvalue weighted by Crippen LogP contribution is 2.42. The molecule has 0 spiro atoms. The Balaban J connectivity index is 2.56. The summed E-state index contributed by atoms with van der Waals surface area (Å²) >= 11 is 0. The molecule has 0 N–H and O–H groups in total. The van der Waals surface area contributed by atoms with Crippen LogP contribution in [0, 0.1) is 19.7 Å². The third-order valence-electron chi connectivity index (χ3n) is 3.71. The van der Waals surface area contributed by atoms with E-state index in [1.54, 1.807) is 0 Å². The Morgan fingerprint density at radius 2 is 1.92 bits per heavy atom. The summed E-state index contributed by atoms with van der Waals surface area (Å²) in [6.07, 6.45) is -6.16. The second-order valence-corrected chi connectivity index (χ2v) is 5.39. The number of aryl methyl sites for hydroxylation is 2. The molecular formula is C16H14F4O4. The Bertz CT molecular complexity index is 735. The molecule has 0 fully saturated rings. The van der Waals surface area contributed by atoms with Gasteiger partial charge in [0.05, 0.1) is 19.1 Å². The fraction of sp³-hybridized carbons (Fsp3) is 0.375. The van der Waals surface area contributed by atoms with Gasteiger partial charge in [0.15, 0.2) is 5.78 Å². The van der Waals surface area contributed by atoms with E-state index in [1.807, 2.05) is 0 Å². The molecule has 24 heavy (non-hydrogen) atoms. The molecule has 0 saturated heterocycles. The average molecular weight is 346 g/mol. The van der Waals surface area contributed by atoms with Gasteiger partial charge in [-0.15, -0.1) is 0 Å². The quantitative estimate of drug-likeness (QED) is 0.467. The lowest BCUT2D eigenvalue weighted by atomic mass is 9.90. The topological polar surface area (TPSA) is 52.6 Å². The molecule has 1 atom stereocenters. The van der Waals surface area contributed by atoms with Crippen LogP contribution in [0.3, 0.4) is 0 Å². The number of hydrogen-bond donors (Lipinski definition) is 0. The molecule has 1 aliphatic rings. The van der Waals surface area contributed by atoms with Crippen LogP contribution in [0.5, 0.6) is 0 Å². The van der Waals surface area contributed by atoms with Crippen molar-refractivity contribution in [1.29, 1.82) is 0 Å². The van der Waals surface area contributed by atoms with Crippen LogP contribution in [0.25, 0.3) is 0 Å². The minimum absolute atomic E-state index is 0.00861. The van der Waals surface area contributed by atoms with Crippen LogP contribution in [0.15, 0.2) is 17.9 Å². The summed E-state index contributed by atoms with van der Waals surface area (Å²) < 4.78 is 63.9. The number of ketones is 1. The maximum absolute atomic E-state index is 14.4. The van der Waals surface area contributed by atoms with Crippen molar-refractivity contribution < 1.29 is 36.6 Å². The smallest absolute Gasteiger partial charge is 0.417 e. The summed E-state index contributed by atoms with van der Waals surface area (Å²) in [6.45, 7) is 2.53. The van der Waals surface area contributed by atoms with Crippen molar-refractivity contribution in [2.24, 2.45) is 0 Å². The van der Waals surface area contributed by atoms with E-state index < -0.39 is 53.0 Å². The molecule has 0 saturated carbocycles. The van der Waals surface area contributed by atoms with Gasteiger partial charge in [-0.3, -0.25) is 4.79 Å². The highest BCUT2D eigenvalue weighted by Gasteiger charge is 2.41. The maximum atomic E-state index is 14.4. The zero-order chi connectivity index (χ0) is 18.2. The summed E-state index contributed by atoms with van der Waals surface area (Å²) in [6, 6.07) is 1.09. The number of Topliss-reactive ketones (excluding diaryl/α,β-unsaturated/α-hetero) is 1. The first kappa shape index (κ1) is 18.0. The minimum atomic E-state index is -4.81. The van der Waals surface area contributed by atoms with Gasteiger partial charge in [-0.2, -0.15) is 13.2 Å². The highest BCUT2D eigenvalue weighted by atomic mass is 19.4. The summed E-state index contributed by atoms with van der Waals surface area (Å²) in [5, 5.41) is 0. The van der Waals surface area contributed by atoms with E-state index in [4.69, 9.17) is 4.74 Å². The minimum Gasteiger partial charge on any atom is -0.492 e. The molecule has 2 rings (SSSR count). The van der Waals surface area contributed by atoms with Gasteiger partial charge in [0, 0.05) is 5.56 Å². The van der Waals surface area contributed by atoms with Crippen molar-refractivity contribution in [1.82, 2.24) is 0 Å². The number of ether oxygens (including phenoxy) is 2. The molecule has 0 aliphatic carbocycles. The van der Waals surface area contributed by atoms with Crippen LogP contribution in [0.2, 0.25) is 0 Å². The predicted molar refractivity (Wildman–Crippen MR) is 74.4 cm³/mol. The fourth-order valence-corrected chi connectivity index (χ4v) is 2.66. The number of methoxy groups -OCH3 is 1. The first-order valence-electron chi connectivity index (χ1n) is 6.91. The van der Waals surface area contributed by atoms with Crippen molar-refractivity contribution >= 4 is 11.8 Å². The van der Waals surface area contributed by atoms with Gasteiger partial charge in [0.2, 0.25) is 0 Å². The van der Waals surface area contributed by atoms with E-state index in [-0.39, 0.29) is 11.1 Å². The van der Waals surface area contributed by atoms with E-state index >= 15 is 0 Å². The second kappa shape index (κ2) is 6.26. The number of halogens is 4. The Hall–Kier alpha value is -2.38. The van der Waals surface area contributed by atoms with Crippen LogP contribution >= 0.6 is 0 Å². The first-order valence-corrected chi connectivity index (χ1v) is 6.91.